The second-order valence-electron chi connectivity index (χ2n) is 8.33. The number of rotatable bonds is 2. The van der Waals surface area contributed by atoms with Crippen LogP contribution in [-0.4, -0.2) is 39.7 Å². The Balaban J connectivity index is 1.76. The molecule has 0 radical (unpaired) electrons. The Morgan fingerprint density at radius 1 is 1.25 bits per heavy atom. The zero-order valence-corrected chi connectivity index (χ0v) is 18.1. The standard InChI is InChI=1S/C23H24FN5O3/c1-28-11-17-19(22(31-3)27-29(17)2)13-8-18(21(25)26-10-13)32-20(12-4-5-12)16-9-14(24)6-7-15(16)23(28)30/h6-10,12,20H,4-5,11H2,1-3H3,(H2,25,26). The number of benzene rings is 1. The van der Waals surface area contributed by atoms with Crippen LogP contribution in [0.2, 0.25) is 0 Å². The van der Waals surface area contributed by atoms with Crippen molar-refractivity contribution in [1.82, 2.24) is 19.7 Å². The normalized spacial score (nSPS) is 18.2. The van der Waals surface area contributed by atoms with Gasteiger partial charge in [0.25, 0.3) is 5.91 Å². The fourth-order valence-electron chi connectivity index (χ4n) is 4.25. The van der Waals surface area contributed by atoms with E-state index in [1.165, 1.54) is 18.2 Å². The summed E-state index contributed by atoms with van der Waals surface area (Å²) in [4.78, 5) is 19.4. The van der Waals surface area contributed by atoms with Gasteiger partial charge in [-0.2, -0.15) is 0 Å². The SMILES string of the molecule is COc1nn(C)c2c1-c1cnc(N)c(c1)OC(C1CC1)c1cc(F)ccc1C(=O)N(C)C2. The number of aryl methyl sites for hydroxylation is 1. The van der Waals surface area contributed by atoms with Gasteiger partial charge in [0.15, 0.2) is 11.6 Å². The Morgan fingerprint density at radius 3 is 2.75 bits per heavy atom. The number of pyridine rings is 1. The second kappa shape index (κ2) is 7.51. The molecule has 1 aliphatic carbocycles. The van der Waals surface area contributed by atoms with Crippen LogP contribution in [0.5, 0.6) is 11.6 Å². The van der Waals surface area contributed by atoms with E-state index in [1.807, 2.05) is 6.07 Å². The van der Waals surface area contributed by atoms with Crippen molar-refractivity contribution in [3.05, 3.63) is 53.1 Å². The smallest absolute Gasteiger partial charge is 0.254 e. The minimum Gasteiger partial charge on any atom is -0.482 e. The van der Waals surface area contributed by atoms with Crippen LogP contribution in [-0.2, 0) is 13.6 Å². The van der Waals surface area contributed by atoms with Crippen molar-refractivity contribution in [2.75, 3.05) is 19.9 Å². The number of nitrogen functional groups attached to an aromatic ring is 1. The number of ether oxygens (including phenoxy) is 2. The summed E-state index contributed by atoms with van der Waals surface area (Å²) in [5.41, 5.74) is 9.28. The highest BCUT2D eigenvalue weighted by molar-refractivity contribution is 5.96. The predicted octanol–water partition coefficient (Wildman–Crippen LogP) is 3.33. The van der Waals surface area contributed by atoms with Gasteiger partial charge in [-0.3, -0.25) is 9.48 Å². The topological polar surface area (TPSA) is 95.5 Å². The Morgan fingerprint density at radius 2 is 2.03 bits per heavy atom. The number of hydrogen-bond acceptors (Lipinski definition) is 6. The number of carbonyl (C=O) groups excluding carboxylic acids is 1. The molecule has 1 fully saturated rings. The molecule has 1 aromatic carbocycles. The lowest BCUT2D eigenvalue weighted by molar-refractivity contribution is 0.0775. The molecule has 2 aliphatic rings. The van der Waals surface area contributed by atoms with E-state index in [0.29, 0.717) is 28.3 Å². The maximum absolute atomic E-state index is 14.3. The molecule has 1 amide bonds. The molecule has 1 saturated carbocycles. The monoisotopic (exact) mass is 437 g/mol. The lowest BCUT2D eigenvalue weighted by atomic mass is 9.97. The molecule has 32 heavy (non-hydrogen) atoms. The Bertz CT molecular complexity index is 1220. The molecule has 1 aliphatic heterocycles. The molecule has 0 saturated heterocycles. The minimum absolute atomic E-state index is 0.170. The summed E-state index contributed by atoms with van der Waals surface area (Å²) < 4.78 is 27.8. The van der Waals surface area contributed by atoms with Crippen molar-refractivity contribution in [2.45, 2.75) is 25.5 Å². The van der Waals surface area contributed by atoms with E-state index in [4.69, 9.17) is 15.2 Å². The zero-order chi connectivity index (χ0) is 22.6. The number of fused-ring (bicyclic) bond motifs is 5. The van der Waals surface area contributed by atoms with Crippen LogP contribution in [0, 0.1) is 11.7 Å². The van der Waals surface area contributed by atoms with Crippen LogP contribution in [0.4, 0.5) is 10.2 Å². The van der Waals surface area contributed by atoms with E-state index in [9.17, 15) is 9.18 Å². The number of halogens is 1. The summed E-state index contributed by atoms with van der Waals surface area (Å²) >= 11 is 0. The molecule has 2 N–H and O–H groups in total. The zero-order valence-electron chi connectivity index (χ0n) is 18.1. The first-order valence-corrected chi connectivity index (χ1v) is 10.4. The highest BCUT2D eigenvalue weighted by Gasteiger charge is 2.38. The average molecular weight is 437 g/mol. The van der Waals surface area contributed by atoms with Crippen LogP contribution in [0.3, 0.4) is 0 Å². The molecule has 1 atom stereocenters. The van der Waals surface area contributed by atoms with Gasteiger partial charge in [-0.25, -0.2) is 9.37 Å². The minimum atomic E-state index is -0.507. The molecule has 1 unspecified atom stereocenters. The molecule has 2 aromatic heterocycles. The molecule has 2 bridgehead atoms. The molecule has 8 nitrogen and oxygen atoms in total. The third-order valence-corrected chi connectivity index (χ3v) is 6.09. The van der Waals surface area contributed by atoms with Crippen molar-refractivity contribution in [1.29, 1.82) is 0 Å². The summed E-state index contributed by atoms with van der Waals surface area (Å²) in [6, 6.07) is 6.03. The number of nitrogens with zero attached hydrogens (tertiary/aromatic N) is 4. The van der Waals surface area contributed by atoms with E-state index in [-0.39, 0.29) is 24.2 Å². The maximum atomic E-state index is 14.3. The van der Waals surface area contributed by atoms with Crippen molar-refractivity contribution in [3.63, 3.8) is 0 Å². The number of methoxy groups -OCH3 is 1. The highest BCUT2D eigenvalue weighted by atomic mass is 19.1. The fourth-order valence-corrected chi connectivity index (χ4v) is 4.25. The van der Waals surface area contributed by atoms with Crippen molar-refractivity contribution in [3.8, 4) is 22.8 Å². The molecule has 3 aromatic rings. The Kier molecular flexibility index (Phi) is 4.76. The van der Waals surface area contributed by atoms with Crippen LogP contribution in [0.25, 0.3) is 11.1 Å². The van der Waals surface area contributed by atoms with Gasteiger partial charge >= 0.3 is 0 Å². The molecule has 3 heterocycles. The average Bonchev–Trinajstić information content (AvgIpc) is 3.56. The number of nitrogens with two attached hydrogens (primary N) is 1. The maximum Gasteiger partial charge on any atom is 0.254 e. The van der Waals surface area contributed by atoms with Gasteiger partial charge in [0.05, 0.1) is 24.9 Å². The summed E-state index contributed by atoms with van der Waals surface area (Å²) in [5.74, 6) is 0.548. The first kappa shape index (κ1) is 20.3. The molecular formula is C23H24FN5O3. The van der Waals surface area contributed by atoms with E-state index in [1.54, 1.807) is 37.0 Å². The van der Waals surface area contributed by atoms with E-state index in [2.05, 4.69) is 10.1 Å². The van der Waals surface area contributed by atoms with Crippen molar-refractivity contribution >= 4 is 11.7 Å². The summed E-state index contributed by atoms with van der Waals surface area (Å²) in [6.07, 6.45) is 2.99. The van der Waals surface area contributed by atoms with Crippen molar-refractivity contribution in [2.24, 2.45) is 13.0 Å². The van der Waals surface area contributed by atoms with Gasteiger partial charge in [-0.05, 0) is 37.1 Å². The number of hydrogen-bond donors (Lipinski definition) is 1. The predicted molar refractivity (Wildman–Crippen MR) is 116 cm³/mol. The van der Waals surface area contributed by atoms with E-state index < -0.39 is 11.9 Å². The number of anilines is 1. The first-order chi connectivity index (χ1) is 15.4. The van der Waals surface area contributed by atoms with Gasteiger partial charge in [-0.15, -0.1) is 5.10 Å². The summed E-state index contributed by atoms with van der Waals surface area (Å²) in [6.45, 7) is 0.270. The van der Waals surface area contributed by atoms with Crippen molar-refractivity contribution < 1.29 is 18.7 Å². The second-order valence-corrected chi connectivity index (χ2v) is 8.33. The van der Waals surface area contributed by atoms with Crippen LogP contribution >= 0.6 is 0 Å². The van der Waals surface area contributed by atoms with Gasteiger partial charge in [0, 0.05) is 42.9 Å². The first-order valence-electron chi connectivity index (χ1n) is 10.4. The summed E-state index contributed by atoms with van der Waals surface area (Å²) in [7, 11) is 5.05. The Labute approximate surface area is 184 Å². The van der Waals surface area contributed by atoms with Crippen LogP contribution in [0.15, 0.2) is 30.5 Å². The fraction of sp³-hybridized carbons (Fsp3) is 0.348. The number of carbonyl (C=O) groups is 1. The summed E-state index contributed by atoms with van der Waals surface area (Å²) in [5, 5.41) is 4.45. The quantitative estimate of drug-likeness (QED) is 0.661. The van der Waals surface area contributed by atoms with Crippen LogP contribution in [0.1, 0.15) is 40.6 Å². The largest absolute Gasteiger partial charge is 0.482 e. The van der Waals surface area contributed by atoms with Gasteiger partial charge < -0.3 is 20.1 Å². The van der Waals surface area contributed by atoms with Crippen LogP contribution < -0.4 is 15.2 Å². The van der Waals surface area contributed by atoms with E-state index >= 15 is 0 Å². The molecule has 166 valence electrons. The lowest BCUT2D eigenvalue weighted by Crippen LogP contribution is -2.29. The van der Waals surface area contributed by atoms with Gasteiger partial charge in [0.2, 0.25) is 5.88 Å². The van der Waals surface area contributed by atoms with Gasteiger partial charge in [0.1, 0.15) is 11.9 Å². The third kappa shape index (κ3) is 3.34. The third-order valence-electron chi connectivity index (χ3n) is 6.09. The number of amides is 1. The molecule has 0 spiro atoms. The Hall–Kier alpha value is -3.62. The van der Waals surface area contributed by atoms with E-state index in [0.717, 1.165) is 24.1 Å². The number of aromatic nitrogens is 3. The highest BCUT2D eigenvalue weighted by Crippen LogP contribution is 2.46. The molecule has 5 rings (SSSR count). The van der Waals surface area contributed by atoms with Gasteiger partial charge in [-0.1, -0.05) is 0 Å². The lowest BCUT2D eigenvalue weighted by Gasteiger charge is -2.26. The molecular weight excluding hydrogens is 413 g/mol. The molecule has 9 heteroatoms.